The molecule has 19 heavy (non-hydrogen) atoms. The zero-order valence-electron chi connectivity index (χ0n) is 11.3. The SMILES string of the molecule is C[C@@H](NCC(=O)NC1CCCC1)c1ccccc1F. The van der Waals surface area contributed by atoms with Gasteiger partial charge in [-0.05, 0) is 25.8 Å². The Morgan fingerprint density at radius 2 is 2.05 bits per heavy atom. The van der Waals surface area contributed by atoms with E-state index in [-0.39, 0.29) is 24.3 Å². The second-order valence-electron chi connectivity index (χ2n) is 5.17. The lowest BCUT2D eigenvalue weighted by molar-refractivity contribution is -0.121. The van der Waals surface area contributed by atoms with Gasteiger partial charge in [-0.15, -0.1) is 0 Å². The fourth-order valence-electron chi connectivity index (χ4n) is 2.53. The standard InChI is InChI=1S/C15H21FN2O/c1-11(13-8-4-5-9-14(13)16)17-10-15(19)18-12-6-2-3-7-12/h4-5,8-9,11-12,17H,2-3,6-7,10H2,1H3,(H,18,19)/t11-/m1/s1. The molecule has 1 saturated carbocycles. The summed E-state index contributed by atoms with van der Waals surface area (Å²) in [5.74, 6) is -0.242. The van der Waals surface area contributed by atoms with Gasteiger partial charge in [0.2, 0.25) is 5.91 Å². The van der Waals surface area contributed by atoms with E-state index in [0.29, 0.717) is 11.6 Å². The summed E-state index contributed by atoms with van der Waals surface area (Å²) in [7, 11) is 0. The van der Waals surface area contributed by atoms with Crippen LogP contribution in [0.3, 0.4) is 0 Å². The fraction of sp³-hybridized carbons (Fsp3) is 0.533. The maximum absolute atomic E-state index is 13.6. The minimum Gasteiger partial charge on any atom is -0.352 e. The predicted octanol–water partition coefficient (Wildman–Crippen LogP) is 2.54. The Hall–Kier alpha value is -1.42. The highest BCUT2D eigenvalue weighted by Gasteiger charge is 2.17. The number of rotatable bonds is 5. The van der Waals surface area contributed by atoms with E-state index in [4.69, 9.17) is 0 Å². The summed E-state index contributed by atoms with van der Waals surface area (Å²) in [5, 5.41) is 6.07. The molecular formula is C15H21FN2O. The molecule has 0 saturated heterocycles. The first-order valence-electron chi connectivity index (χ1n) is 6.94. The molecule has 0 heterocycles. The Labute approximate surface area is 113 Å². The van der Waals surface area contributed by atoms with E-state index in [9.17, 15) is 9.18 Å². The summed E-state index contributed by atoms with van der Waals surface area (Å²) in [6, 6.07) is 6.80. The van der Waals surface area contributed by atoms with Crippen LogP contribution in [0.15, 0.2) is 24.3 Å². The van der Waals surface area contributed by atoms with Gasteiger partial charge in [0.25, 0.3) is 0 Å². The maximum atomic E-state index is 13.6. The first-order valence-corrected chi connectivity index (χ1v) is 6.94. The molecule has 1 amide bonds. The number of hydrogen-bond acceptors (Lipinski definition) is 2. The summed E-state index contributed by atoms with van der Waals surface area (Å²) in [6.07, 6.45) is 4.55. The van der Waals surface area contributed by atoms with Gasteiger partial charge in [-0.3, -0.25) is 4.79 Å². The Kier molecular flexibility index (Phi) is 4.91. The second kappa shape index (κ2) is 6.66. The quantitative estimate of drug-likeness (QED) is 0.858. The fourth-order valence-corrected chi connectivity index (χ4v) is 2.53. The molecule has 1 aliphatic carbocycles. The molecule has 1 aromatic rings. The van der Waals surface area contributed by atoms with E-state index in [1.165, 1.54) is 18.9 Å². The topological polar surface area (TPSA) is 41.1 Å². The summed E-state index contributed by atoms with van der Waals surface area (Å²) in [4.78, 5) is 11.8. The number of nitrogens with one attached hydrogen (secondary N) is 2. The van der Waals surface area contributed by atoms with Crippen molar-refractivity contribution in [1.82, 2.24) is 10.6 Å². The molecule has 1 fully saturated rings. The number of carbonyl (C=O) groups is 1. The van der Waals surface area contributed by atoms with Gasteiger partial charge in [0.15, 0.2) is 0 Å². The van der Waals surface area contributed by atoms with Gasteiger partial charge in [0, 0.05) is 17.6 Å². The number of hydrogen-bond donors (Lipinski definition) is 2. The number of benzene rings is 1. The molecule has 0 aliphatic heterocycles. The van der Waals surface area contributed by atoms with E-state index in [1.807, 2.05) is 6.92 Å². The molecule has 1 aromatic carbocycles. The average molecular weight is 264 g/mol. The van der Waals surface area contributed by atoms with Crippen molar-refractivity contribution in [3.05, 3.63) is 35.6 Å². The smallest absolute Gasteiger partial charge is 0.234 e. The van der Waals surface area contributed by atoms with Crippen LogP contribution in [-0.2, 0) is 4.79 Å². The molecule has 2 N–H and O–H groups in total. The number of amides is 1. The number of halogens is 1. The zero-order valence-corrected chi connectivity index (χ0v) is 11.3. The van der Waals surface area contributed by atoms with Crippen molar-refractivity contribution in [3.8, 4) is 0 Å². The molecule has 104 valence electrons. The van der Waals surface area contributed by atoms with E-state index in [2.05, 4.69) is 10.6 Å². The lowest BCUT2D eigenvalue weighted by atomic mass is 10.1. The zero-order chi connectivity index (χ0) is 13.7. The van der Waals surface area contributed by atoms with Gasteiger partial charge in [0.1, 0.15) is 5.82 Å². The van der Waals surface area contributed by atoms with E-state index in [0.717, 1.165) is 12.8 Å². The molecule has 0 spiro atoms. The van der Waals surface area contributed by atoms with Crippen molar-refractivity contribution in [2.75, 3.05) is 6.54 Å². The normalized spacial score (nSPS) is 17.4. The third-order valence-corrected chi connectivity index (χ3v) is 3.66. The molecule has 2 rings (SSSR count). The van der Waals surface area contributed by atoms with Crippen molar-refractivity contribution >= 4 is 5.91 Å². The number of carbonyl (C=O) groups excluding carboxylic acids is 1. The van der Waals surface area contributed by atoms with Gasteiger partial charge >= 0.3 is 0 Å². The monoisotopic (exact) mass is 264 g/mol. The molecular weight excluding hydrogens is 243 g/mol. The van der Waals surface area contributed by atoms with Crippen LogP contribution in [0.4, 0.5) is 4.39 Å². The molecule has 0 unspecified atom stereocenters. The summed E-state index contributed by atoms with van der Waals surface area (Å²) in [6.45, 7) is 2.09. The van der Waals surface area contributed by atoms with Crippen LogP contribution in [0.5, 0.6) is 0 Å². The second-order valence-corrected chi connectivity index (χ2v) is 5.17. The van der Waals surface area contributed by atoms with Crippen molar-refractivity contribution in [2.24, 2.45) is 0 Å². The highest BCUT2D eigenvalue weighted by Crippen LogP contribution is 2.18. The highest BCUT2D eigenvalue weighted by molar-refractivity contribution is 5.78. The Morgan fingerprint density at radius 3 is 2.74 bits per heavy atom. The molecule has 0 bridgehead atoms. The van der Waals surface area contributed by atoms with E-state index >= 15 is 0 Å². The first-order chi connectivity index (χ1) is 9.16. The minimum atomic E-state index is -0.237. The Balaban J connectivity index is 1.78. The van der Waals surface area contributed by atoms with Crippen LogP contribution in [0, 0.1) is 5.82 Å². The molecule has 4 heteroatoms. The van der Waals surface area contributed by atoms with Crippen LogP contribution >= 0.6 is 0 Å². The molecule has 1 atom stereocenters. The van der Waals surface area contributed by atoms with Crippen LogP contribution in [0.25, 0.3) is 0 Å². The van der Waals surface area contributed by atoms with Crippen LogP contribution in [-0.4, -0.2) is 18.5 Å². The third-order valence-electron chi connectivity index (χ3n) is 3.66. The Bertz CT molecular complexity index is 430. The lowest BCUT2D eigenvalue weighted by Crippen LogP contribution is -2.39. The van der Waals surface area contributed by atoms with E-state index in [1.54, 1.807) is 18.2 Å². The predicted molar refractivity (Wildman–Crippen MR) is 73.2 cm³/mol. The largest absolute Gasteiger partial charge is 0.352 e. The van der Waals surface area contributed by atoms with Gasteiger partial charge in [-0.25, -0.2) is 4.39 Å². The summed E-state index contributed by atoms with van der Waals surface area (Å²) in [5.41, 5.74) is 0.594. The summed E-state index contributed by atoms with van der Waals surface area (Å²) < 4.78 is 13.6. The molecule has 0 radical (unpaired) electrons. The highest BCUT2D eigenvalue weighted by atomic mass is 19.1. The third kappa shape index (κ3) is 4.03. The van der Waals surface area contributed by atoms with Crippen molar-refractivity contribution in [3.63, 3.8) is 0 Å². The minimum absolute atomic E-state index is 0.00455. The Morgan fingerprint density at radius 1 is 1.37 bits per heavy atom. The van der Waals surface area contributed by atoms with Crippen molar-refractivity contribution < 1.29 is 9.18 Å². The summed E-state index contributed by atoms with van der Waals surface area (Å²) >= 11 is 0. The van der Waals surface area contributed by atoms with Crippen molar-refractivity contribution in [1.29, 1.82) is 0 Å². The van der Waals surface area contributed by atoms with Crippen molar-refractivity contribution in [2.45, 2.75) is 44.7 Å². The van der Waals surface area contributed by atoms with Gasteiger partial charge < -0.3 is 10.6 Å². The molecule has 3 nitrogen and oxygen atoms in total. The first kappa shape index (κ1) is 14.0. The average Bonchev–Trinajstić information content (AvgIpc) is 2.89. The van der Waals surface area contributed by atoms with Gasteiger partial charge in [-0.2, -0.15) is 0 Å². The van der Waals surface area contributed by atoms with Crippen LogP contribution < -0.4 is 10.6 Å². The van der Waals surface area contributed by atoms with E-state index < -0.39 is 0 Å². The van der Waals surface area contributed by atoms with Gasteiger partial charge in [-0.1, -0.05) is 31.0 Å². The van der Waals surface area contributed by atoms with Crippen LogP contribution in [0.1, 0.15) is 44.2 Å². The molecule has 0 aromatic heterocycles. The van der Waals surface area contributed by atoms with Crippen LogP contribution in [0.2, 0.25) is 0 Å². The lowest BCUT2D eigenvalue weighted by Gasteiger charge is -2.16. The molecule has 1 aliphatic rings. The van der Waals surface area contributed by atoms with Gasteiger partial charge in [0.05, 0.1) is 6.54 Å². The maximum Gasteiger partial charge on any atom is 0.234 e.